The van der Waals surface area contributed by atoms with Crippen LogP contribution >= 0.6 is 0 Å². The molecule has 0 aliphatic heterocycles. The third-order valence-corrected chi connectivity index (χ3v) is 7.16. The highest BCUT2D eigenvalue weighted by molar-refractivity contribution is 5.06. The fourth-order valence-electron chi connectivity index (χ4n) is 6.09. The van der Waals surface area contributed by atoms with Crippen LogP contribution in [0.4, 0.5) is 0 Å². The standard InChI is InChI=1S/C24H42N2/c1-5-23(11-18(4)8-6-7-17(2)3)25-9-10-26-24-21-13-19-12-20(15-21)16-22(24)14-19/h7,11,19-26H,5-6,8-10,12-16H2,1-4H3/b18-11+. The molecule has 4 aliphatic carbocycles. The maximum absolute atomic E-state index is 3.95. The Kier molecular flexibility index (Phi) is 7.40. The number of hydrogen-bond donors (Lipinski definition) is 2. The zero-order valence-electron chi connectivity index (χ0n) is 17.7. The third kappa shape index (κ3) is 5.45. The lowest BCUT2D eigenvalue weighted by molar-refractivity contribution is -0.0133. The van der Waals surface area contributed by atoms with Crippen LogP contribution < -0.4 is 10.6 Å². The summed E-state index contributed by atoms with van der Waals surface area (Å²) in [6.45, 7) is 11.2. The van der Waals surface area contributed by atoms with Crippen LogP contribution in [0.3, 0.4) is 0 Å². The van der Waals surface area contributed by atoms with Crippen molar-refractivity contribution >= 4 is 0 Å². The Labute approximate surface area is 162 Å². The molecule has 0 amide bonds. The molecule has 2 nitrogen and oxygen atoms in total. The topological polar surface area (TPSA) is 24.1 Å². The van der Waals surface area contributed by atoms with Crippen LogP contribution in [0.1, 0.15) is 79.1 Å². The van der Waals surface area contributed by atoms with Crippen LogP contribution in [0.2, 0.25) is 0 Å². The molecule has 0 spiro atoms. The van der Waals surface area contributed by atoms with Gasteiger partial charge in [-0.3, -0.25) is 0 Å². The van der Waals surface area contributed by atoms with E-state index in [0.717, 1.165) is 42.8 Å². The van der Waals surface area contributed by atoms with Gasteiger partial charge in [0, 0.05) is 25.2 Å². The summed E-state index contributed by atoms with van der Waals surface area (Å²) >= 11 is 0. The Morgan fingerprint density at radius 1 is 0.962 bits per heavy atom. The molecule has 2 N–H and O–H groups in total. The van der Waals surface area contributed by atoms with Crippen molar-refractivity contribution in [2.75, 3.05) is 13.1 Å². The fourth-order valence-corrected chi connectivity index (χ4v) is 6.09. The molecule has 0 radical (unpaired) electrons. The van der Waals surface area contributed by atoms with E-state index in [1.807, 2.05) is 0 Å². The molecule has 4 rings (SSSR count). The number of allylic oxidation sites excluding steroid dienone is 3. The van der Waals surface area contributed by atoms with Gasteiger partial charge in [0.1, 0.15) is 0 Å². The Morgan fingerprint density at radius 2 is 1.62 bits per heavy atom. The molecular formula is C24H42N2. The molecule has 1 atom stereocenters. The van der Waals surface area contributed by atoms with Gasteiger partial charge >= 0.3 is 0 Å². The highest BCUT2D eigenvalue weighted by Crippen LogP contribution is 2.53. The molecule has 148 valence electrons. The van der Waals surface area contributed by atoms with Gasteiger partial charge in [0.2, 0.25) is 0 Å². The summed E-state index contributed by atoms with van der Waals surface area (Å²) in [6.07, 6.45) is 16.0. The average Bonchev–Trinajstić information content (AvgIpc) is 2.58. The highest BCUT2D eigenvalue weighted by Gasteiger charge is 2.47. The summed E-state index contributed by atoms with van der Waals surface area (Å²) in [4.78, 5) is 0. The monoisotopic (exact) mass is 358 g/mol. The van der Waals surface area contributed by atoms with Gasteiger partial charge in [-0.05, 0) is 95.8 Å². The summed E-state index contributed by atoms with van der Waals surface area (Å²) < 4.78 is 0. The van der Waals surface area contributed by atoms with Crippen molar-refractivity contribution in [2.45, 2.75) is 91.1 Å². The normalized spacial score (nSPS) is 34.2. The van der Waals surface area contributed by atoms with Crippen LogP contribution in [-0.2, 0) is 0 Å². The zero-order valence-corrected chi connectivity index (χ0v) is 17.7. The van der Waals surface area contributed by atoms with E-state index in [9.17, 15) is 0 Å². The SMILES string of the molecule is CCC(/C=C(\C)CCC=C(C)C)NCCNC1C2CC3CC(C2)CC1C3. The third-order valence-electron chi connectivity index (χ3n) is 7.16. The smallest absolute Gasteiger partial charge is 0.0250 e. The minimum Gasteiger partial charge on any atom is -0.312 e. The lowest BCUT2D eigenvalue weighted by Gasteiger charge is -2.54. The molecule has 2 heteroatoms. The molecule has 0 aromatic rings. The lowest BCUT2D eigenvalue weighted by Crippen LogP contribution is -2.55. The first-order chi connectivity index (χ1) is 12.5. The molecular weight excluding hydrogens is 316 g/mol. The number of hydrogen-bond acceptors (Lipinski definition) is 2. The summed E-state index contributed by atoms with van der Waals surface area (Å²) in [5.74, 6) is 4.14. The van der Waals surface area contributed by atoms with E-state index in [0.29, 0.717) is 6.04 Å². The first-order valence-corrected chi connectivity index (χ1v) is 11.3. The van der Waals surface area contributed by atoms with Gasteiger partial charge in [0.25, 0.3) is 0 Å². The Balaban J connectivity index is 1.36. The molecule has 0 aromatic carbocycles. The summed E-state index contributed by atoms with van der Waals surface area (Å²) in [7, 11) is 0. The highest BCUT2D eigenvalue weighted by atomic mass is 15.0. The van der Waals surface area contributed by atoms with E-state index in [-0.39, 0.29) is 0 Å². The maximum atomic E-state index is 3.95. The summed E-state index contributed by atoms with van der Waals surface area (Å²) in [5, 5.41) is 7.72. The Bertz CT molecular complexity index is 472. The Hall–Kier alpha value is -0.600. The van der Waals surface area contributed by atoms with Crippen molar-refractivity contribution in [2.24, 2.45) is 23.7 Å². The first-order valence-electron chi connectivity index (χ1n) is 11.3. The van der Waals surface area contributed by atoms with Crippen LogP contribution in [0, 0.1) is 23.7 Å². The summed E-state index contributed by atoms with van der Waals surface area (Å²) in [6, 6.07) is 1.35. The van der Waals surface area contributed by atoms with E-state index in [1.165, 1.54) is 56.1 Å². The van der Waals surface area contributed by atoms with Crippen molar-refractivity contribution in [1.82, 2.24) is 10.6 Å². The second-order valence-electron chi connectivity index (χ2n) is 9.71. The second-order valence-corrected chi connectivity index (χ2v) is 9.71. The van der Waals surface area contributed by atoms with Gasteiger partial charge in [-0.25, -0.2) is 0 Å². The molecule has 0 aromatic heterocycles. The van der Waals surface area contributed by atoms with E-state index in [4.69, 9.17) is 0 Å². The predicted molar refractivity (Wildman–Crippen MR) is 113 cm³/mol. The number of nitrogens with one attached hydrogen (secondary N) is 2. The quantitative estimate of drug-likeness (QED) is 0.400. The molecule has 26 heavy (non-hydrogen) atoms. The van der Waals surface area contributed by atoms with Crippen molar-refractivity contribution in [3.05, 3.63) is 23.3 Å². The lowest BCUT2D eigenvalue weighted by atomic mass is 9.54. The molecule has 4 aliphatic rings. The van der Waals surface area contributed by atoms with E-state index in [1.54, 1.807) is 6.42 Å². The van der Waals surface area contributed by atoms with Gasteiger partial charge in [0.05, 0.1) is 0 Å². The summed E-state index contributed by atoms with van der Waals surface area (Å²) in [5.41, 5.74) is 2.95. The van der Waals surface area contributed by atoms with Gasteiger partial charge in [-0.2, -0.15) is 0 Å². The van der Waals surface area contributed by atoms with Crippen LogP contribution in [0.25, 0.3) is 0 Å². The van der Waals surface area contributed by atoms with E-state index >= 15 is 0 Å². The molecule has 4 fully saturated rings. The van der Waals surface area contributed by atoms with Crippen molar-refractivity contribution in [3.63, 3.8) is 0 Å². The molecule has 4 bridgehead atoms. The van der Waals surface area contributed by atoms with E-state index < -0.39 is 0 Å². The van der Waals surface area contributed by atoms with Gasteiger partial charge in [-0.15, -0.1) is 0 Å². The second kappa shape index (κ2) is 9.55. The predicted octanol–water partition coefficient (Wildman–Crippen LogP) is 5.46. The van der Waals surface area contributed by atoms with Crippen molar-refractivity contribution in [1.29, 1.82) is 0 Å². The van der Waals surface area contributed by atoms with Gasteiger partial charge < -0.3 is 10.6 Å². The van der Waals surface area contributed by atoms with Gasteiger partial charge in [-0.1, -0.05) is 30.2 Å². The van der Waals surface area contributed by atoms with Crippen LogP contribution in [-0.4, -0.2) is 25.2 Å². The Morgan fingerprint density at radius 3 is 2.19 bits per heavy atom. The van der Waals surface area contributed by atoms with Gasteiger partial charge in [0.15, 0.2) is 0 Å². The van der Waals surface area contributed by atoms with Crippen LogP contribution in [0.5, 0.6) is 0 Å². The van der Waals surface area contributed by atoms with Crippen LogP contribution in [0.15, 0.2) is 23.3 Å². The van der Waals surface area contributed by atoms with Crippen molar-refractivity contribution < 1.29 is 0 Å². The average molecular weight is 359 g/mol. The largest absolute Gasteiger partial charge is 0.312 e. The zero-order chi connectivity index (χ0) is 18.5. The molecule has 4 saturated carbocycles. The molecule has 0 saturated heterocycles. The fraction of sp³-hybridized carbons (Fsp3) is 0.833. The maximum Gasteiger partial charge on any atom is 0.0250 e. The molecule has 1 unspecified atom stereocenters. The number of rotatable bonds is 10. The minimum atomic E-state index is 0.530. The first kappa shape index (κ1) is 20.1. The minimum absolute atomic E-state index is 0.530. The van der Waals surface area contributed by atoms with E-state index in [2.05, 4.69) is 50.5 Å². The molecule has 0 heterocycles. The van der Waals surface area contributed by atoms with Crippen molar-refractivity contribution in [3.8, 4) is 0 Å².